The van der Waals surface area contributed by atoms with Crippen molar-refractivity contribution in [2.75, 3.05) is 0 Å². The van der Waals surface area contributed by atoms with E-state index < -0.39 is 0 Å². The monoisotopic (exact) mass is 257 g/mol. The lowest BCUT2D eigenvalue weighted by molar-refractivity contribution is 0.921. The summed E-state index contributed by atoms with van der Waals surface area (Å²) in [5, 5.41) is 0. The number of benzene rings is 1. The van der Waals surface area contributed by atoms with Crippen LogP contribution in [0.25, 0.3) is 11.3 Å². The van der Waals surface area contributed by atoms with Crippen LogP contribution in [0.4, 0.5) is 5.69 Å². The van der Waals surface area contributed by atoms with Gasteiger partial charge in [-0.15, -0.1) is 0 Å². The summed E-state index contributed by atoms with van der Waals surface area (Å²) in [5.41, 5.74) is 18.7. The van der Waals surface area contributed by atoms with Crippen LogP contribution in [-0.4, -0.2) is 21.5 Å². The number of nitrogens with two attached hydrogens (primary N) is 3. The minimum absolute atomic E-state index is 0.0216. The molecule has 6 N–H and O–H groups in total. The van der Waals surface area contributed by atoms with Gasteiger partial charge in [-0.25, -0.2) is 9.98 Å². The SMILES string of the molecule is Cn1cncc1-c1ccc(N=C(N)N=C(N)N)cc1. The van der Waals surface area contributed by atoms with Gasteiger partial charge in [0, 0.05) is 7.05 Å². The van der Waals surface area contributed by atoms with Crippen molar-refractivity contribution in [2.24, 2.45) is 34.2 Å². The number of aryl methyl sites for hydroxylation is 1. The van der Waals surface area contributed by atoms with Gasteiger partial charge in [0.25, 0.3) is 0 Å². The summed E-state index contributed by atoms with van der Waals surface area (Å²) >= 11 is 0. The molecule has 1 aromatic carbocycles. The maximum absolute atomic E-state index is 5.55. The van der Waals surface area contributed by atoms with Crippen molar-refractivity contribution in [2.45, 2.75) is 0 Å². The van der Waals surface area contributed by atoms with Gasteiger partial charge in [-0.05, 0) is 17.7 Å². The number of imidazole rings is 1. The number of nitrogens with zero attached hydrogens (tertiary/aromatic N) is 4. The highest BCUT2D eigenvalue weighted by atomic mass is 15.1. The Morgan fingerprint density at radius 2 is 1.84 bits per heavy atom. The average Bonchev–Trinajstić information content (AvgIpc) is 2.75. The normalized spacial score (nSPS) is 11.3. The molecule has 0 spiro atoms. The van der Waals surface area contributed by atoms with E-state index in [2.05, 4.69) is 15.0 Å². The first-order chi connectivity index (χ1) is 9.06. The molecule has 0 atom stereocenters. The summed E-state index contributed by atoms with van der Waals surface area (Å²) < 4.78 is 1.94. The van der Waals surface area contributed by atoms with Gasteiger partial charge in [0.05, 0.1) is 23.9 Å². The van der Waals surface area contributed by atoms with E-state index in [0.717, 1.165) is 11.3 Å². The second-order valence-corrected chi connectivity index (χ2v) is 3.94. The molecular weight excluding hydrogens is 242 g/mol. The van der Waals surface area contributed by atoms with Gasteiger partial charge >= 0.3 is 0 Å². The number of rotatable bonds is 2. The zero-order valence-electron chi connectivity index (χ0n) is 10.5. The molecule has 7 nitrogen and oxygen atoms in total. The summed E-state index contributed by atoms with van der Waals surface area (Å²) in [4.78, 5) is 11.8. The lowest BCUT2D eigenvalue weighted by Gasteiger charge is -2.02. The Morgan fingerprint density at radius 3 is 2.37 bits per heavy atom. The van der Waals surface area contributed by atoms with Crippen LogP contribution >= 0.6 is 0 Å². The lowest BCUT2D eigenvalue weighted by Crippen LogP contribution is -2.26. The Hall–Kier alpha value is -2.83. The van der Waals surface area contributed by atoms with E-state index in [0.29, 0.717) is 5.69 Å². The second-order valence-electron chi connectivity index (χ2n) is 3.94. The van der Waals surface area contributed by atoms with E-state index in [1.165, 1.54) is 0 Å². The fourth-order valence-electron chi connectivity index (χ4n) is 1.63. The van der Waals surface area contributed by atoms with E-state index in [-0.39, 0.29) is 11.9 Å². The van der Waals surface area contributed by atoms with E-state index in [9.17, 15) is 0 Å². The number of aliphatic imine (C=N–C) groups is 2. The minimum Gasteiger partial charge on any atom is -0.370 e. The van der Waals surface area contributed by atoms with Crippen LogP contribution in [0.2, 0.25) is 0 Å². The fourth-order valence-corrected chi connectivity index (χ4v) is 1.63. The third-order valence-corrected chi connectivity index (χ3v) is 2.47. The highest BCUT2D eigenvalue weighted by molar-refractivity contribution is 5.93. The molecule has 0 aliphatic heterocycles. The van der Waals surface area contributed by atoms with Crippen molar-refractivity contribution in [3.8, 4) is 11.3 Å². The Kier molecular flexibility index (Phi) is 3.46. The predicted molar refractivity (Wildman–Crippen MR) is 75.7 cm³/mol. The molecule has 98 valence electrons. The number of hydrogen-bond acceptors (Lipinski definition) is 2. The molecule has 0 saturated heterocycles. The van der Waals surface area contributed by atoms with Crippen molar-refractivity contribution in [1.82, 2.24) is 9.55 Å². The molecule has 7 heteroatoms. The summed E-state index contributed by atoms with van der Waals surface area (Å²) in [6.45, 7) is 0. The Labute approximate surface area is 110 Å². The Bertz CT molecular complexity index is 618. The third-order valence-electron chi connectivity index (χ3n) is 2.47. The second kappa shape index (κ2) is 5.21. The van der Waals surface area contributed by atoms with E-state index in [4.69, 9.17) is 17.2 Å². The first-order valence-electron chi connectivity index (χ1n) is 5.57. The first-order valence-corrected chi connectivity index (χ1v) is 5.57. The van der Waals surface area contributed by atoms with Gasteiger partial charge in [0.2, 0.25) is 5.96 Å². The molecular formula is C12H15N7. The quantitative estimate of drug-likeness (QED) is 0.529. The maximum atomic E-state index is 5.55. The molecule has 0 aliphatic rings. The van der Waals surface area contributed by atoms with Crippen LogP contribution in [0.15, 0.2) is 46.8 Å². The van der Waals surface area contributed by atoms with Crippen molar-refractivity contribution < 1.29 is 0 Å². The third kappa shape index (κ3) is 3.09. The minimum atomic E-state index is -0.118. The van der Waals surface area contributed by atoms with Crippen LogP contribution in [0.3, 0.4) is 0 Å². The summed E-state index contributed by atoms with van der Waals surface area (Å²) in [5.74, 6) is -0.0963. The van der Waals surface area contributed by atoms with Crippen LogP contribution in [0.1, 0.15) is 0 Å². The highest BCUT2D eigenvalue weighted by Gasteiger charge is 2.02. The molecule has 2 aromatic rings. The smallest absolute Gasteiger partial charge is 0.223 e. The molecule has 0 saturated carbocycles. The summed E-state index contributed by atoms with van der Waals surface area (Å²) in [6, 6.07) is 7.52. The van der Waals surface area contributed by atoms with E-state index in [1.807, 2.05) is 35.9 Å². The Balaban J connectivity index is 2.25. The van der Waals surface area contributed by atoms with Gasteiger partial charge in [0.15, 0.2) is 5.96 Å². The fraction of sp³-hybridized carbons (Fsp3) is 0.0833. The van der Waals surface area contributed by atoms with E-state index >= 15 is 0 Å². The molecule has 0 fully saturated rings. The largest absolute Gasteiger partial charge is 0.370 e. The van der Waals surface area contributed by atoms with E-state index in [1.54, 1.807) is 12.5 Å². The number of hydrogen-bond donors (Lipinski definition) is 3. The zero-order valence-corrected chi connectivity index (χ0v) is 10.5. The topological polar surface area (TPSA) is 121 Å². The Morgan fingerprint density at radius 1 is 1.16 bits per heavy atom. The molecule has 0 radical (unpaired) electrons. The molecule has 0 amide bonds. The predicted octanol–water partition coefficient (Wildman–Crippen LogP) is 0.307. The summed E-state index contributed by atoms with van der Waals surface area (Å²) in [7, 11) is 1.94. The number of guanidine groups is 2. The van der Waals surface area contributed by atoms with Crippen molar-refractivity contribution in [3.05, 3.63) is 36.8 Å². The number of aromatic nitrogens is 2. The van der Waals surface area contributed by atoms with Crippen LogP contribution < -0.4 is 17.2 Å². The molecule has 0 bridgehead atoms. The maximum Gasteiger partial charge on any atom is 0.223 e. The van der Waals surface area contributed by atoms with Gasteiger partial charge in [-0.3, -0.25) is 0 Å². The van der Waals surface area contributed by atoms with Crippen molar-refractivity contribution in [3.63, 3.8) is 0 Å². The van der Waals surface area contributed by atoms with Crippen LogP contribution in [0, 0.1) is 0 Å². The van der Waals surface area contributed by atoms with Crippen molar-refractivity contribution in [1.29, 1.82) is 0 Å². The van der Waals surface area contributed by atoms with Crippen LogP contribution in [-0.2, 0) is 7.05 Å². The standard InChI is InChI=1S/C12H15N7/c1-19-7-16-6-10(19)8-2-4-9(5-3-8)17-12(15)18-11(13)14/h2-7H,1H3,(H6,13,14,15,17,18). The zero-order chi connectivity index (χ0) is 13.8. The van der Waals surface area contributed by atoms with Gasteiger partial charge < -0.3 is 21.8 Å². The average molecular weight is 257 g/mol. The van der Waals surface area contributed by atoms with Gasteiger partial charge in [0.1, 0.15) is 0 Å². The molecule has 2 rings (SSSR count). The van der Waals surface area contributed by atoms with Crippen LogP contribution in [0.5, 0.6) is 0 Å². The molecule has 19 heavy (non-hydrogen) atoms. The lowest BCUT2D eigenvalue weighted by atomic mass is 10.1. The molecule has 0 unspecified atom stereocenters. The first kappa shape index (κ1) is 12.6. The highest BCUT2D eigenvalue weighted by Crippen LogP contribution is 2.21. The van der Waals surface area contributed by atoms with Gasteiger partial charge in [-0.2, -0.15) is 4.99 Å². The van der Waals surface area contributed by atoms with Crippen molar-refractivity contribution >= 4 is 17.6 Å². The molecule has 0 aliphatic carbocycles. The molecule has 1 aromatic heterocycles. The summed E-state index contributed by atoms with van der Waals surface area (Å²) in [6.07, 6.45) is 3.55. The molecule has 1 heterocycles. The van der Waals surface area contributed by atoms with Gasteiger partial charge in [-0.1, -0.05) is 12.1 Å².